The van der Waals surface area contributed by atoms with Gasteiger partial charge in [0.1, 0.15) is 11.5 Å². The molecular formula is C51H37NOS2. The van der Waals surface area contributed by atoms with E-state index in [4.69, 9.17) is 4.74 Å². The molecular weight excluding hydrogens is 707 g/mol. The van der Waals surface area contributed by atoms with E-state index in [2.05, 4.69) is 195 Å². The highest BCUT2D eigenvalue weighted by Crippen LogP contribution is 2.53. The Labute approximate surface area is 331 Å². The molecule has 264 valence electrons. The number of para-hydroxylation sites is 1. The van der Waals surface area contributed by atoms with E-state index in [1.165, 1.54) is 48.7 Å². The van der Waals surface area contributed by atoms with Crippen molar-refractivity contribution < 1.29 is 4.74 Å². The van der Waals surface area contributed by atoms with Crippen LogP contribution in [-0.2, 0) is 5.41 Å². The summed E-state index contributed by atoms with van der Waals surface area (Å²) in [5, 5.41) is 0. The van der Waals surface area contributed by atoms with Crippen LogP contribution in [0.5, 0.6) is 11.5 Å². The molecule has 0 radical (unpaired) electrons. The molecule has 0 unspecified atom stereocenters. The van der Waals surface area contributed by atoms with Crippen molar-refractivity contribution in [1.82, 2.24) is 0 Å². The quantitative estimate of drug-likeness (QED) is 0.168. The largest absolute Gasteiger partial charge is 0.455 e. The molecule has 8 aromatic rings. The van der Waals surface area contributed by atoms with E-state index >= 15 is 0 Å². The van der Waals surface area contributed by atoms with Gasteiger partial charge in [0.25, 0.3) is 0 Å². The van der Waals surface area contributed by atoms with Crippen LogP contribution in [0.25, 0.3) is 33.4 Å². The number of fused-ring (bicyclic) bond motifs is 4. The van der Waals surface area contributed by atoms with Gasteiger partial charge in [0, 0.05) is 32.3 Å². The average Bonchev–Trinajstić information content (AvgIpc) is 3.24. The summed E-state index contributed by atoms with van der Waals surface area (Å²) < 4.78 is 6.33. The summed E-state index contributed by atoms with van der Waals surface area (Å²) in [7, 11) is 0. The molecule has 55 heavy (non-hydrogen) atoms. The Morgan fingerprint density at radius 2 is 0.855 bits per heavy atom. The van der Waals surface area contributed by atoms with Crippen molar-refractivity contribution in [2.75, 3.05) is 4.90 Å². The Bertz CT molecular complexity index is 2680. The third-order valence-electron chi connectivity index (χ3n) is 10.8. The minimum atomic E-state index is -0.0722. The highest BCUT2D eigenvalue weighted by Gasteiger charge is 2.34. The van der Waals surface area contributed by atoms with Crippen LogP contribution in [0.1, 0.15) is 25.0 Å². The lowest BCUT2D eigenvalue weighted by Gasteiger charge is -2.35. The smallest absolute Gasteiger partial charge is 0.142 e. The third-order valence-corrected chi connectivity index (χ3v) is 13.2. The highest BCUT2D eigenvalue weighted by atomic mass is 32.2. The molecule has 8 aromatic carbocycles. The van der Waals surface area contributed by atoms with Gasteiger partial charge < -0.3 is 9.64 Å². The van der Waals surface area contributed by atoms with E-state index in [1.807, 2.05) is 23.9 Å². The number of hydrogen-bond donors (Lipinski definition) is 0. The first-order chi connectivity index (χ1) is 27.0. The Balaban J connectivity index is 1.02. The molecule has 2 nitrogen and oxygen atoms in total. The predicted molar refractivity (Wildman–Crippen MR) is 231 cm³/mol. The number of hydrogen-bond acceptors (Lipinski definition) is 4. The second-order valence-electron chi connectivity index (χ2n) is 14.5. The van der Waals surface area contributed by atoms with Gasteiger partial charge in [-0.05, 0) is 105 Å². The van der Waals surface area contributed by atoms with Crippen molar-refractivity contribution in [2.45, 2.75) is 38.8 Å². The Morgan fingerprint density at radius 3 is 1.53 bits per heavy atom. The van der Waals surface area contributed by atoms with Gasteiger partial charge in [0.05, 0.1) is 9.79 Å². The van der Waals surface area contributed by atoms with Crippen molar-refractivity contribution in [2.24, 2.45) is 0 Å². The van der Waals surface area contributed by atoms with Crippen molar-refractivity contribution >= 4 is 40.6 Å². The van der Waals surface area contributed by atoms with Gasteiger partial charge in [-0.2, -0.15) is 0 Å². The molecule has 2 heterocycles. The second-order valence-corrected chi connectivity index (χ2v) is 16.6. The first-order valence-corrected chi connectivity index (χ1v) is 20.3. The Morgan fingerprint density at radius 1 is 0.382 bits per heavy atom. The number of benzene rings is 8. The second kappa shape index (κ2) is 13.7. The van der Waals surface area contributed by atoms with Crippen LogP contribution in [0.3, 0.4) is 0 Å². The van der Waals surface area contributed by atoms with E-state index in [-0.39, 0.29) is 5.41 Å². The summed E-state index contributed by atoms with van der Waals surface area (Å²) in [5.74, 6) is 1.81. The normalized spacial score (nSPS) is 13.4. The molecule has 0 aliphatic carbocycles. The maximum atomic E-state index is 6.33. The minimum Gasteiger partial charge on any atom is -0.455 e. The summed E-state index contributed by atoms with van der Waals surface area (Å²) >= 11 is 3.67. The van der Waals surface area contributed by atoms with Gasteiger partial charge in [-0.25, -0.2) is 0 Å². The molecule has 0 N–H and O–H groups in total. The van der Waals surface area contributed by atoms with Crippen LogP contribution in [0, 0.1) is 0 Å². The Kier molecular flexibility index (Phi) is 8.39. The zero-order chi connectivity index (χ0) is 36.9. The molecule has 0 amide bonds. The molecule has 0 atom stereocenters. The van der Waals surface area contributed by atoms with Crippen LogP contribution >= 0.6 is 23.5 Å². The van der Waals surface area contributed by atoms with Gasteiger partial charge in [0.15, 0.2) is 0 Å². The summed E-state index contributed by atoms with van der Waals surface area (Å²) in [6.07, 6.45) is 0. The van der Waals surface area contributed by atoms with Gasteiger partial charge in [-0.3, -0.25) is 0 Å². The average molecular weight is 744 g/mol. The number of nitrogens with zero attached hydrogens (tertiary/aromatic N) is 1. The van der Waals surface area contributed by atoms with E-state index in [0.717, 1.165) is 43.9 Å². The maximum absolute atomic E-state index is 6.33. The number of anilines is 3. The van der Waals surface area contributed by atoms with Crippen molar-refractivity contribution in [3.63, 3.8) is 0 Å². The zero-order valence-electron chi connectivity index (χ0n) is 30.6. The number of rotatable bonds is 6. The maximum Gasteiger partial charge on any atom is 0.142 e. The van der Waals surface area contributed by atoms with Gasteiger partial charge in [-0.15, -0.1) is 0 Å². The fourth-order valence-corrected chi connectivity index (χ4v) is 10.5. The SMILES string of the molecule is CC1(C)c2ccccc2Sc2c(-c3ccc(N(c4ccc(-c5ccccc5)cc4)c4ccc(-c5cccc6c5Sc5ccccc5O6)cc4)cc3)cccc21. The monoisotopic (exact) mass is 743 g/mol. The lowest BCUT2D eigenvalue weighted by Crippen LogP contribution is -2.23. The summed E-state index contributed by atoms with van der Waals surface area (Å²) in [5.41, 5.74) is 13.2. The molecule has 0 aromatic heterocycles. The van der Waals surface area contributed by atoms with Crippen molar-refractivity contribution in [3.05, 3.63) is 199 Å². The molecule has 0 spiro atoms. The first-order valence-electron chi connectivity index (χ1n) is 18.7. The summed E-state index contributed by atoms with van der Waals surface area (Å²) in [4.78, 5) is 7.32. The summed E-state index contributed by atoms with van der Waals surface area (Å²) in [6, 6.07) is 67.7. The molecule has 0 fully saturated rings. The standard InChI is InChI=1S/C51H37NOS2/c1-51(2)43-16-6-8-20-47(43)54-49-41(14-10-17-44(49)51)36-24-30-39(31-25-36)52(38-28-22-35(23-29-38)34-12-4-3-5-13-34)40-32-26-37(27-33-40)42-15-11-19-46-50(42)55-48-21-9-7-18-45(48)53-46/h3-33H,1-2H3. The van der Waals surface area contributed by atoms with Crippen LogP contribution in [0.2, 0.25) is 0 Å². The van der Waals surface area contributed by atoms with Crippen LogP contribution in [-0.4, -0.2) is 0 Å². The zero-order valence-corrected chi connectivity index (χ0v) is 32.2. The fourth-order valence-electron chi connectivity index (χ4n) is 7.93. The molecule has 2 aliphatic rings. The van der Waals surface area contributed by atoms with Gasteiger partial charge in [-0.1, -0.05) is 165 Å². The molecule has 0 saturated carbocycles. The van der Waals surface area contributed by atoms with Gasteiger partial charge in [0.2, 0.25) is 0 Å². The highest BCUT2D eigenvalue weighted by molar-refractivity contribution is 8.00. The topological polar surface area (TPSA) is 12.5 Å². The van der Waals surface area contributed by atoms with E-state index in [1.54, 1.807) is 11.8 Å². The van der Waals surface area contributed by atoms with Crippen molar-refractivity contribution in [1.29, 1.82) is 0 Å². The fraction of sp³-hybridized carbons (Fsp3) is 0.0588. The lowest BCUT2D eigenvalue weighted by atomic mass is 9.77. The van der Waals surface area contributed by atoms with E-state index < -0.39 is 0 Å². The molecule has 0 bridgehead atoms. The van der Waals surface area contributed by atoms with E-state index in [9.17, 15) is 0 Å². The Hall–Kier alpha value is -5.94. The van der Waals surface area contributed by atoms with Crippen molar-refractivity contribution in [3.8, 4) is 44.9 Å². The minimum absolute atomic E-state index is 0.0722. The third kappa shape index (κ3) is 6.03. The number of ether oxygens (including phenoxy) is 1. The van der Waals surface area contributed by atoms with Gasteiger partial charge >= 0.3 is 0 Å². The first kappa shape index (κ1) is 33.6. The molecule has 10 rings (SSSR count). The van der Waals surface area contributed by atoms with Crippen LogP contribution in [0.4, 0.5) is 17.1 Å². The van der Waals surface area contributed by atoms with E-state index in [0.29, 0.717) is 0 Å². The lowest BCUT2D eigenvalue weighted by molar-refractivity contribution is 0.455. The molecule has 4 heteroatoms. The molecule has 0 saturated heterocycles. The summed E-state index contributed by atoms with van der Waals surface area (Å²) in [6.45, 7) is 4.70. The predicted octanol–water partition coefficient (Wildman–Crippen LogP) is 15.2. The molecule has 2 aliphatic heterocycles. The van der Waals surface area contributed by atoms with Crippen LogP contribution in [0.15, 0.2) is 208 Å². The van der Waals surface area contributed by atoms with Crippen LogP contribution < -0.4 is 9.64 Å².